The van der Waals surface area contributed by atoms with E-state index in [1.807, 2.05) is 0 Å². The van der Waals surface area contributed by atoms with Gasteiger partial charge in [0.15, 0.2) is 25.2 Å². The van der Waals surface area contributed by atoms with Gasteiger partial charge in [-0.15, -0.1) is 0 Å². The third kappa shape index (κ3) is 8.97. The Bertz CT molecular complexity index is 1250. The quantitative estimate of drug-likeness (QED) is 0.0870. The molecule has 320 valence electrons. The lowest BCUT2D eigenvalue weighted by Crippen LogP contribution is -2.66. The second-order valence-corrected chi connectivity index (χ2v) is 14.2. The van der Waals surface area contributed by atoms with Crippen LogP contribution in [0.3, 0.4) is 0 Å². The first-order chi connectivity index (χ1) is 26.0. The maximum Gasteiger partial charge on any atom is 0.187 e. The zero-order chi connectivity index (χ0) is 40.6. The zero-order valence-corrected chi connectivity index (χ0v) is 29.3. The van der Waals surface area contributed by atoms with Gasteiger partial charge >= 0.3 is 0 Å². The molecule has 0 aromatic heterocycles. The van der Waals surface area contributed by atoms with E-state index in [9.17, 15) is 81.7 Å². The second-order valence-electron chi connectivity index (χ2n) is 14.2. The molecule has 4 aliphatic heterocycles. The third-order valence-electron chi connectivity index (χ3n) is 10.6. The van der Waals surface area contributed by atoms with Crippen molar-refractivity contribution in [1.82, 2.24) is 5.32 Å². The highest BCUT2D eigenvalue weighted by Crippen LogP contribution is 2.35. The van der Waals surface area contributed by atoms with Crippen molar-refractivity contribution >= 4 is 0 Å². The average molecular weight is 808 g/mol. The Morgan fingerprint density at radius 3 is 1.53 bits per heavy atom. The van der Waals surface area contributed by atoms with E-state index in [0.717, 1.165) is 0 Å². The van der Waals surface area contributed by atoms with Crippen LogP contribution in [0.15, 0.2) is 11.8 Å². The molecule has 4 saturated heterocycles. The summed E-state index contributed by atoms with van der Waals surface area (Å²) in [4.78, 5) is 0. The lowest BCUT2D eigenvalue weighted by molar-refractivity contribution is -0.366. The van der Waals surface area contributed by atoms with Crippen molar-refractivity contribution in [2.24, 2.45) is 5.92 Å². The molecule has 0 aromatic carbocycles. The van der Waals surface area contributed by atoms with Crippen molar-refractivity contribution in [3.8, 4) is 0 Å². The molecule has 24 nitrogen and oxygen atoms in total. The lowest BCUT2D eigenvalue weighted by atomic mass is 9.85. The van der Waals surface area contributed by atoms with Crippen LogP contribution in [0.5, 0.6) is 0 Å². The minimum absolute atomic E-state index is 0.169. The average Bonchev–Trinajstić information content (AvgIpc) is 3.17. The maximum atomic E-state index is 11.2. The number of hydrogen-bond acceptors (Lipinski definition) is 24. The molecular weight excluding hydrogens is 754 g/mol. The van der Waals surface area contributed by atoms with Crippen LogP contribution >= 0.6 is 0 Å². The normalized spacial score (nSPS) is 52.4. The van der Waals surface area contributed by atoms with E-state index in [1.54, 1.807) is 0 Å². The molecule has 0 radical (unpaired) electrons. The Hall–Kier alpha value is -1.38. The van der Waals surface area contributed by atoms with Gasteiger partial charge in [0.1, 0.15) is 97.7 Å². The van der Waals surface area contributed by atoms with E-state index in [2.05, 4.69) is 5.32 Å². The minimum atomic E-state index is -2.00. The lowest BCUT2D eigenvalue weighted by Gasteiger charge is -2.48. The fourth-order valence-corrected chi connectivity index (χ4v) is 7.26. The molecule has 55 heavy (non-hydrogen) atoms. The van der Waals surface area contributed by atoms with Gasteiger partial charge in [-0.3, -0.25) is 0 Å². The molecule has 0 amide bonds. The summed E-state index contributed by atoms with van der Waals surface area (Å²) in [5, 5.41) is 169. The molecule has 0 saturated carbocycles. The fourth-order valence-electron chi connectivity index (χ4n) is 7.26. The van der Waals surface area contributed by atoms with Crippen molar-refractivity contribution in [3.63, 3.8) is 0 Å². The molecule has 4 fully saturated rings. The molecule has 0 unspecified atom stereocenters. The Morgan fingerprint density at radius 1 is 0.491 bits per heavy atom. The third-order valence-corrected chi connectivity index (χ3v) is 10.6. The molecule has 17 N–H and O–H groups in total. The number of aliphatic hydroxyl groups excluding tert-OH is 16. The van der Waals surface area contributed by atoms with E-state index in [0.29, 0.717) is 0 Å². The molecule has 24 atom stereocenters. The molecule has 24 heteroatoms. The van der Waals surface area contributed by atoms with E-state index in [-0.39, 0.29) is 5.70 Å². The van der Waals surface area contributed by atoms with E-state index < -0.39 is 173 Å². The minimum Gasteiger partial charge on any atom is -0.396 e. The predicted molar refractivity (Wildman–Crippen MR) is 170 cm³/mol. The number of aliphatic hydroxyl groups is 16. The molecule has 0 spiro atoms. The van der Waals surface area contributed by atoms with Crippen molar-refractivity contribution in [2.75, 3.05) is 26.4 Å². The molecule has 1 aliphatic carbocycles. The Kier molecular flexibility index (Phi) is 15.2. The van der Waals surface area contributed by atoms with Gasteiger partial charge in [0.05, 0.1) is 44.7 Å². The van der Waals surface area contributed by atoms with Crippen LogP contribution < -0.4 is 5.32 Å². The monoisotopic (exact) mass is 807 g/mol. The van der Waals surface area contributed by atoms with Crippen LogP contribution in [-0.4, -0.2) is 249 Å². The summed E-state index contributed by atoms with van der Waals surface area (Å²) in [6, 6.07) is -1.22. The van der Waals surface area contributed by atoms with Gasteiger partial charge in [0.25, 0.3) is 0 Å². The van der Waals surface area contributed by atoms with Crippen molar-refractivity contribution in [1.29, 1.82) is 0 Å². The molecule has 5 rings (SSSR count). The SMILES string of the molecule is C[C@H]1O[C@H](O[C@H]2[C@H](O)[C@@H](O)[C@@H](O)O[C@@H]2CO)[C@H](O)[C@@H](O)[C@@H]1NC1=C[C@H](CO)[C@@H](O[C@H]2O[C@H](CO)[C@@H](O[C@H]3O[C@H](CO)[C@@H](O)[C@H](O)[C@H]3O)[C@H](O)[C@H]2O)[C@H](O)[C@H]1O. The summed E-state index contributed by atoms with van der Waals surface area (Å²) < 4.78 is 38.5. The maximum absolute atomic E-state index is 11.2. The van der Waals surface area contributed by atoms with Gasteiger partial charge in [-0.2, -0.15) is 0 Å². The highest BCUT2D eigenvalue weighted by atomic mass is 16.7. The summed E-state index contributed by atoms with van der Waals surface area (Å²) in [5.41, 5.74) is -0.169. The largest absolute Gasteiger partial charge is 0.396 e. The summed E-state index contributed by atoms with van der Waals surface area (Å²) >= 11 is 0. The Labute approximate surface area is 312 Å². The van der Waals surface area contributed by atoms with Crippen LogP contribution in [0.2, 0.25) is 0 Å². The van der Waals surface area contributed by atoms with Crippen LogP contribution in [0.4, 0.5) is 0 Å². The van der Waals surface area contributed by atoms with Crippen LogP contribution in [-0.2, 0) is 33.2 Å². The molecule has 4 heterocycles. The summed E-state index contributed by atoms with van der Waals surface area (Å²) in [7, 11) is 0. The van der Waals surface area contributed by atoms with Crippen LogP contribution in [0, 0.1) is 5.92 Å². The smallest absolute Gasteiger partial charge is 0.187 e. The van der Waals surface area contributed by atoms with Crippen LogP contribution in [0.25, 0.3) is 0 Å². The number of nitrogens with one attached hydrogen (secondary N) is 1. The van der Waals surface area contributed by atoms with Crippen LogP contribution in [0.1, 0.15) is 6.92 Å². The fraction of sp³-hybridized carbons (Fsp3) is 0.935. The summed E-state index contributed by atoms with van der Waals surface area (Å²) in [5.74, 6) is -1.17. The number of rotatable bonds is 12. The molecule has 0 bridgehead atoms. The number of ether oxygens (including phenoxy) is 7. The van der Waals surface area contributed by atoms with Crippen molar-refractivity contribution in [2.45, 2.75) is 148 Å². The van der Waals surface area contributed by atoms with E-state index in [4.69, 9.17) is 33.2 Å². The molecule has 5 aliphatic rings. The summed E-state index contributed by atoms with van der Waals surface area (Å²) in [6.07, 6.45) is -36.3. The molecular formula is C31H53NO23. The highest BCUT2D eigenvalue weighted by Gasteiger charge is 2.54. The van der Waals surface area contributed by atoms with Gasteiger partial charge in [-0.05, 0) is 6.92 Å². The number of hydrogen-bond donors (Lipinski definition) is 17. The topological polar surface area (TPSA) is 400 Å². The standard InChI is InChI=1S/C31H53NO23/c1-7-13(16(39)22(45)29(49-7)54-26-11(5-35)50-28(48)21(44)19(26)42)32-9-2-8(3-33)25(18(41)14(9)37)53-31-24(47)20(43)27(12(6-36)52-31)55-30-23(46)17(40)15(38)10(4-34)51-30/h2,7-8,10-48H,3-6H2,1H3/t7-,8-,10-,11-,12-,13-,14+,15-,16+,17+,18-,19-,20-,21-,22-,23-,24-,25-,26-,27-,28+,29-,30-,31-/m1/s1. The Balaban J connectivity index is 1.24. The predicted octanol–water partition coefficient (Wildman–Crippen LogP) is -10.5. The van der Waals surface area contributed by atoms with Crippen molar-refractivity contribution in [3.05, 3.63) is 11.8 Å². The van der Waals surface area contributed by atoms with Gasteiger partial charge in [-0.25, -0.2) is 0 Å². The van der Waals surface area contributed by atoms with Crippen molar-refractivity contribution < 1.29 is 115 Å². The van der Waals surface area contributed by atoms with Gasteiger partial charge < -0.3 is 120 Å². The summed E-state index contributed by atoms with van der Waals surface area (Å²) in [6.45, 7) is -1.75. The first-order valence-corrected chi connectivity index (χ1v) is 17.7. The molecule has 0 aromatic rings. The van der Waals surface area contributed by atoms with Gasteiger partial charge in [-0.1, -0.05) is 6.08 Å². The Morgan fingerprint density at radius 2 is 0.964 bits per heavy atom. The van der Waals surface area contributed by atoms with Gasteiger partial charge in [0.2, 0.25) is 0 Å². The second kappa shape index (κ2) is 18.7. The zero-order valence-electron chi connectivity index (χ0n) is 29.3. The highest BCUT2D eigenvalue weighted by molar-refractivity contribution is 5.20. The van der Waals surface area contributed by atoms with E-state index >= 15 is 0 Å². The van der Waals surface area contributed by atoms with Gasteiger partial charge in [0, 0.05) is 11.6 Å². The first kappa shape index (κ1) is 44.7. The van der Waals surface area contributed by atoms with E-state index in [1.165, 1.54) is 13.0 Å². The first-order valence-electron chi connectivity index (χ1n) is 17.7.